The van der Waals surface area contributed by atoms with Crippen molar-refractivity contribution in [3.63, 3.8) is 0 Å². The van der Waals surface area contributed by atoms with Crippen LogP contribution in [-0.2, 0) is 0 Å². The number of urea groups is 1. The zero-order chi connectivity index (χ0) is 17.1. The maximum atomic E-state index is 12.1. The van der Waals surface area contributed by atoms with Gasteiger partial charge >= 0.3 is 6.03 Å². The van der Waals surface area contributed by atoms with E-state index >= 15 is 0 Å². The van der Waals surface area contributed by atoms with Gasteiger partial charge in [0.05, 0.1) is 29.0 Å². The van der Waals surface area contributed by atoms with E-state index in [9.17, 15) is 9.90 Å². The highest BCUT2D eigenvalue weighted by Crippen LogP contribution is 2.32. The molecule has 2 heterocycles. The van der Waals surface area contributed by atoms with E-state index in [0.29, 0.717) is 16.5 Å². The zero-order valence-electron chi connectivity index (χ0n) is 12.9. The molecule has 24 heavy (non-hydrogen) atoms. The number of nitrogens with one attached hydrogen (secondary N) is 2. The van der Waals surface area contributed by atoms with Crippen molar-refractivity contribution < 1.29 is 14.3 Å². The lowest BCUT2D eigenvalue weighted by atomic mass is 10.1. The summed E-state index contributed by atoms with van der Waals surface area (Å²) in [6.07, 6.45) is 2.23. The summed E-state index contributed by atoms with van der Waals surface area (Å²) in [7, 11) is 0. The summed E-state index contributed by atoms with van der Waals surface area (Å²) < 4.78 is 5.08. The van der Waals surface area contributed by atoms with Crippen molar-refractivity contribution in [2.75, 3.05) is 11.9 Å². The van der Waals surface area contributed by atoms with Gasteiger partial charge < -0.3 is 20.2 Å². The highest BCUT2D eigenvalue weighted by molar-refractivity contribution is 6.35. The highest BCUT2D eigenvalue weighted by atomic mass is 35.5. The van der Waals surface area contributed by atoms with E-state index in [1.54, 1.807) is 30.5 Å². The van der Waals surface area contributed by atoms with Crippen LogP contribution in [0.4, 0.5) is 10.5 Å². The maximum absolute atomic E-state index is 12.1. The second-order valence-corrected chi connectivity index (χ2v) is 5.72. The topological polar surface area (TPSA) is 87.4 Å². The Morgan fingerprint density at radius 1 is 1.42 bits per heavy atom. The molecule has 0 saturated heterocycles. The molecule has 0 aliphatic carbocycles. The summed E-state index contributed by atoms with van der Waals surface area (Å²) in [6.45, 7) is 1.92. The van der Waals surface area contributed by atoms with E-state index in [1.165, 1.54) is 6.26 Å². The van der Waals surface area contributed by atoms with Gasteiger partial charge in [-0.3, -0.25) is 4.98 Å². The molecule has 7 heteroatoms. The molecule has 0 bridgehead atoms. The molecule has 3 rings (SSSR count). The van der Waals surface area contributed by atoms with Crippen LogP contribution in [0.3, 0.4) is 0 Å². The molecular formula is C17H16ClN3O3. The predicted octanol–water partition coefficient (Wildman–Crippen LogP) is 3.64. The lowest BCUT2D eigenvalue weighted by Gasteiger charge is -2.14. The Hall–Kier alpha value is -2.57. The van der Waals surface area contributed by atoms with E-state index < -0.39 is 12.1 Å². The Balaban J connectivity index is 1.74. The minimum Gasteiger partial charge on any atom is -0.467 e. The number of amides is 2. The molecule has 0 spiro atoms. The first-order chi connectivity index (χ1) is 11.6. The van der Waals surface area contributed by atoms with Gasteiger partial charge in [0.2, 0.25) is 0 Å². The number of fused-ring (bicyclic) bond motifs is 1. The summed E-state index contributed by atoms with van der Waals surface area (Å²) in [5.41, 5.74) is 2.18. The Bertz CT molecular complexity index is 865. The van der Waals surface area contributed by atoms with Crippen LogP contribution in [0.25, 0.3) is 10.9 Å². The number of benzene rings is 1. The van der Waals surface area contributed by atoms with Crippen LogP contribution in [0, 0.1) is 6.92 Å². The van der Waals surface area contributed by atoms with E-state index in [1.807, 2.05) is 13.0 Å². The second-order valence-electron chi connectivity index (χ2n) is 5.32. The molecule has 6 nitrogen and oxygen atoms in total. The molecule has 124 valence electrons. The Kier molecular flexibility index (Phi) is 4.69. The average molecular weight is 346 g/mol. The quantitative estimate of drug-likeness (QED) is 0.673. The number of nitrogens with zero attached hydrogens (tertiary/aromatic N) is 1. The van der Waals surface area contributed by atoms with Crippen LogP contribution in [0.15, 0.2) is 47.2 Å². The van der Waals surface area contributed by atoms with Gasteiger partial charge in [0.15, 0.2) is 0 Å². The molecule has 1 aromatic carbocycles. The second kappa shape index (κ2) is 6.90. The number of carbonyl (C=O) groups excluding carboxylic acids is 1. The molecule has 0 aliphatic heterocycles. The minimum atomic E-state index is -0.919. The number of carbonyl (C=O) groups is 1. The maximum Gasteiger partial charge on any atom is 0.319 e. The normalized spacial score (nSPS) is 12.1. The molecule has 1 atom stereocenters. The van der Waals surface area contributed by atoms with Gasteiger partial charge in [-0.25, -0.2) is 4.79 Å². The number of halogens is 1. The number of rotatable bonds is 4. The van der Waals surface area contributed by atoms with Gasteiger partial charge in [-0.05, 0) is 42.8 Å². The number of aromatic nitrogens is 1. The monoisotopic (exact) mass is 345 g/mol. The SMILES string of the molecule is Cc1cc(Cl)c(NC(=O)NCC(O)c2ccco2)c2cccnc12. The van der Waals surface area contributed by atoms with Crippen molar-refractivity contribution in [2.45, 2.75) is 13.0 Å². The lowest BCUT2D eigenvalue weighted by molar-refractivity contribution is 0.149. The number of hydrogen-bond donors (Lipinski definition) is 3. The van der Waals surface area contributed by atoms with Crippen molar-refractivity contribution in [3.8, 4) is 0 Å². The third-order valence-corrected chi connectivity index (χ3v) is 3.90. The molecular weight excluding hydrogens is 330 g/mol. The Morgan fingerprint density at radius 2 is 2.25 bits per heavy atom. The fourth-order valence-corrected chi connectivity index (χ4v) is 2.75. The first-order valence-corrected chi connectivity index (χ1v) is 7.74. The standard InChI is InChI=1S/C17H16ClN3O3/c1-10-8-12(18)16(11-4-2-6-19-15(10)11)21-17(23)20-9-13(22)14-5-3-7-24-14/h2-8,13,22H,9H2,1H3,(H2,20,21,23). The summed E-state index contributed by atoms with van der Waals surface area (Å²) in [4.78, 5) is 16.4. The molecule has 0 aliphatic rings. The molecule has 3 aromatic rings. The fraction of sp³-hybridized carbons (Fsp3) is 0.176. The summed E-state index contributed by atoms with van der Waals surface area (Å²) in [6, 6.07) is 8.21. The Morgan fingerprint density at radius 3 is 3.00 bits per heavy atom. The summed E-state index contributed by atoms with van der Waals surface area (Å²) in [5.74, 6) is 0.387. The molecule has 3 N–H and O–H groups in total. The van der Waals surface area contributed by atoms with Gasteiger partial charge in [0, 0.05) is 11.6 Å². The van der Waals surface area contributed by atoms with Crippen LogP contribution in [0.5, 0.6) is 0 Å². The fourth-order valence-electron chi connectivity index (χ4n) is 2.44. The number of anilines is 1. The van der Waals surface area contributed by atoms with E-state index in [2.05, 4.69) is 15.6 Å². The lowest BCUT2D eigenvalue weighted by Crippen LogP contribution is -2.32. The summed E-state index contributed by atoms with van der Waals surface area (Å²) >= 11 is 6.26. The van der Waals surface area contributed by atoms with E-state index in [-0.39, 0.29) is 6.54 Å². The van der Waals surface area contributed by atoms with Gasteiger partial charge in [-0.2, -0.15) is 0 Å². The number of hydrogen-bond acceptors (Lipinski definition) is 4. The van der Waals surface area contributed by atoms with Crippen LogP contribution in [-0.4, -0.2) is 22.7 Å². The molecule has 2 amide bonds. The third-order valence-electron chi connectivity index (χ3n) is 3.60. The van der Waals surface area contributed by atoms with E-state index in [0.717, 1.165) is 16.5 Å². The number of aliphatic hydroxyl groups is 1. The van der Waals surface area contributed by atoms with Gasteiger partial charge in [-0.1, -0.05) is 11.6 Å². The van der Waals surface area contributed by atoms with Crippen LogP contribution in [0.1, 0.15) is 17.4 Å². The largest absolute Gasteiger partial charge is 0.467 e. The predicted molar refractivity (Wildman–Crippen MR) is 92.2 cm³/mol. The van der Waals surface area contributed by atoms with Crippen molar-refractivity contribution in [1.82, 2.24) is 10.3 Å². The van der Waals surface area contributed by atoms with Gasteiger partial charge in [0.1, 0.15) is 11.9 Å². The molecule has 1 unspecified atom stereocenters. The van der Waals surface area contributed by atoms with Crippen molar-refractivity contribution in [2.24, 2.45) is 0 Å². The van der Waals surface area contributed by atoms with Gasteiger partial charge in [-0.15, -0.1) is 0 Å². The molecule has 2 aromatic heterocycles. The summed E-state index contributed by atoms with van der Waals surface area (Å²) in [5, 5.41) is 16.4. The molecule has 0 fully saturated rings. The zero-order valence-corrected chi connectivity index (χ0v) is 13.7. The number of pyridine rings is 1. The average Bonchev–Trinajstić information content (AvgIpc) is 3.11. The number of furan rings is 1. The number of aliphatic hydroxyl groups excluding tert-OH is 1. The Labute approximate surface area is 143 Å². The van der Waals surface area contributed by atoms with E-state index in [4.69, 9.17) is 16.0 Å². The third kappa shape index (κ3) is 3.34. The first kappa shape index (κ1) is 16.3. The highest BCUT2D eigenvalue weighted by Gasteiger charge is 2.15. The number of aryl methyl sites for hydroxylation is 1. The van der Waals surface area contributed by atoms with Crippen molar-refractivity contribution in [1.29, 1.82) is 0 Å². The molecule has 0 radical (unpaired) electrons. The van der Waals surface area contributed by atoms with Crippen molar-refractivity contribution in [3.05, 3.63) is 59.1 Å². The van der Waals surface area contributed by atoms with Crippen LogP contribution < -0.4 is 10.6 Å². The first-order valence-electron chi connectivity index (χ1n) is 7.36. The van der Waals surface area contributed by atoms with Crippen LogP contribution >= 0.6 is 11.6 Å². The smallest absolute Gasteiger partial charge is 0.319 e. The molecule has 0 saturated carbocycles. The van der Waals surface area contributed by atoms with Crippen molar-refractivity contribution >= 4 is 34.2 Å². The minimum absolute atomic E-state index is 0.0129. The van der Waals surface area contributed by atoms with Crippen LogP contribution in [0.2, 0.25) is 5.02 Å². The van der Waals surface area contributed by atoms with Gasteiger partial charge in [0.25, 0.3) is 0 Å².